The van der Waals surface area contributed by atoms with Crippen LogP contribution in [0.2, 0.25) is 0 Å². The molecular weight excluding hydrogens is 372 g/mol. The molecule has 2 aromatic carbocycles. The molecule has 1 aromatic heterocycles. The van der Waals surface area contributed by atoms with Gasteiger partial charge in [-0.25, -0.2) is 10.1 Å². The first-order valence-corrected chi connectivity index (χ1v) is 9.07. The number of aromatic nitrogens is 2. The molecule has 0 aliphatic heterocycles. The van der Waals surface area contributed by atoms with E-state index in [4.69, 9.17) is 9.47 Å². The summed E-state index contributed by atoms with van der Waals surface area (Å²) in [4.78, 5) is 25.2. The van der Waals surface area contributed by atoms with Gasteiger partial charge in [0.15, 0.2) is 5.69 Å². The molecule has 1 N–H and O–H groups in total. The first-order valence-electron chi connectivity index (χ1n) is 9.07. The molecule has 3 aromatic rings. The summed E-state index contributed by atoms with van der Waals surface area (Å²) in [5.74, 6) is 0.720. The predicted molar refractivity (Wildman–Crippen MR) is 111 cm³/mol. The van der Waals surface area contributed by atoms with Gasteiger partial charge in [-0.05, 0) is 32.0 Å². The summed E-state index contributed by atoms with van der Waals surface area (Å²) in [6.07, 6.45) is 0. The van der Waals surface area contributed by atoms with Crippen LogP contribution in [0.4, 0.5) is 0 Å². The first-order chi connectivity index (χ1) is 14.0. The number of benzene rings is 2. The Hall–Kier alpha value is -3.68. The Balaban J connectivity index is 1.95. The number of nitrogens with one attached hydrogen (secondary N) is 1. The number of hydrazone groups is 1. The molecular formula is C21H22N4O4. The second kappa shape index (κ2) is 8.55. The van der Waals surface area contributed by atoms with E-state index in [0.717, 1.165) is 0 Å². The van der Waals surface area contributed by atoms with Crippen LogP contribution in [0.3, 0.4) is 0 Å². The number of ether oxygens (including phenoxy) is 2. The summed E-state index contributed by atoms with van der Waals surface area (Å²) in [5.41, 5.74) is 3.69. The minimum atomic E-state index is -0.504. The number of hydrogen-bond acceptors (Lipinski definition) is 6. The normalized spacial score (nSPS) is 11.4. The fraction of sp³-hybridized carbons (Fsp3) is 0.238. The van der Waals surface area contributed by atoms with E-state index in [1.807, 2.05) is 0 Å². The lowest BCUT2D eigenvalue weighted by Crippen LogP contribution is -2.28. The molecule has 0 spiro atoms. The van der Waals surface area contributed by atoms with Crippen LogP contribution in [0.5, 0.6) is 11.5 Å². The maximum atomic E-state index is 12.8. The fourth-order valence-electron chi connectivity index (χ4n) is 2.96. The Kier molecular flexibility index (Phi) is 5.92. The Labute approximate surface area is 167 Å². The van der Waals surface area contributed by atoms with Crippen molar-refractivity contribution in [1.29, 1.82) is 0 Å². The Bertz CT molecular complexity index is 1150. The van der Waals surface area contributed by atoms with Crippen LogP contribution in [0.15, 0.2) is 52.4 Å². The molecule has 0 saturated carbocycles. The van der Waals surface area contributed by atoms with E-state index >= 15 is 0 Å². The minimum Gasteiger partial charge on any atom is -0.497 e. The van der Waals surface area contributed by atoms with Crippen molar-refractivity contribution in [1.82, 2.24) is 15.2 Å². The largest absolute Gasteiger partial charge is 0.497 e. The summed E-state index contributed by atoms with van der Waals surface area (Å²) in [6.45, 7) is 3.90. The van der Waals surface area contributed by atoms with Crippen LogP contribution in [0.1, 0.15) is 29.9 Å². The lowest BCUT2D eigenvalue weighted by atomic mass is 10.1. The van der Waals surface area contributed by atoms with Gasteiger partial charge in [-0.15, -0.1) is 0 Å². The molecule has 8 heteroatoms. The third-order valence-corrected chi connectivity index (χ3v) is 4.51. The van der Waals surface area contributed by atoms with Crippen LogP contribution in [-0.4, -0.2) is 35.6 Å². The molecule has 0 unspecified atom stereocenters. The quantitative estimate of drug-likeness (QED) is 0.512. The maximum absolute atomic E-state index is 12.8. The number of carbonyl (C=O) groups excluding carboxylic acids is 1. The van der Waals surface area contributed by atoms with Crippen LogP contribution in [-0.2, 0) is 6.54 Å². The molecule has 29 heavy (non-hydrogen) atoms. The summed E-state index contributed by atoms with van der Waals surface area (Å²) in [7, 11) is 3.12. The zero-order valence-electron chi connectivity index (χ0n) is 16.7. The number of amides is 1. The average molecular weight is 394 g/mol. The number of aryl methyl sites for hydroxylation is 1. The van der Waals surface area contributed by atoms with E-state index in [1.165, 1.54) is 4.68 Å². The second-order valence-corrected chi connectivity index (χ2v) is 6.22. The molecule has 0 aliphatic rings. The molecule has 8 nitrogen and oxygen atoms in total. The van der Waals surface area contributed by atoms with E-state index in [2.05, 4.69) is 15.6 Å². The molecule has 0 bridgehead atoms. The highest BCUT2D eigenvalue weighted by atomic mass is 16.5. The Morgan fingerprint density at radius 2 is 1.86 bits per heavy atom. The second-order valence-electron chi connectivity index (χ2n) is 6.22. The third kappa shape index (κ3) is 3.96. The van der Waals surface area contributed by atoms with Crippen molar-refractivity contribution in [3.05, 3.63) is 64.1 Å². The molecule has 0 atom stereocenters. The molecule has 0 saturated heterocycles. The van der Waals surface area contributed by atoms with E-state index in [-0.39, 0.29) is 11.3 Å². The molecule has 1 amide bonds. The monoisotopic (exact) mass is 394 g/mol. The highest BCUT2D eigenvalue weighted by Crippen LogP contribution is 2.25. The fourth-order valence-corrected chi connectivity index (χ4v) is 2.96. The molecule has 0 radical (unpaired) electrons. The number of methoxy groups -OCH3 is 2. The zero-order chi connectivity index (χ0) is 21.0. The summed E-state index contributed by atoms with van der Waals surface area (Å²) < 4.78 is 11.8. The molecule has 0 fully saturated rings. The van der Waals surface area contributed by atoms with Crippen molar-refractivity contribution >= 4 is 22.4 Å². The van der Waals surface area contributed by atoms with E-state index < -0.39 is 5.91 Å². The van der Waals surface area contributed by atoms with Crippen LogP contribution >= 0.6 is 0 Å². The summed E-state index contributed by atoms with van der Waals surface area (Å²) >= 11 is 0. The number of carbonyl (C=O) groups is 1. The highest BCUT2D eigenvalue weighted by Gasteiger charge is 2.16. The lowest BCUT2D eigenvalue weighted by molar-refractivity contribution is 0.0949. The average Bonchev–Trinajstić information content (AvgIpc) is 2.77. The third-order valence-electron chi connectivity index (χ3n) is 4.51. The minimum absolute atomic E-state index is 0.139. The van der Waals surface area contributed by atoms with Gasteiger partial charge in [-0.1, -0.05) is 18.2 Å². The van der Waals surface area contributed by atoms with Crippen molar-refractivity contribution in [2.45, 2.75) is 20.4 Å². The van der Waals surface area contributed by atoms with E-state index in [1.54, 1.807) is 70.5 Å². The Morgan fingerprint density at radius 3 is 2.52 bits per heavy atom. The molecule has 1 heterocycles. The van der Waals surface area contributed by atoms with Gasteiger partial charge in [-0.2, -0.15) is 10.2 Å². The van der Waals surface area contributed by atoms with Crippen molar-refractivity contribution in [3.63, 3.8) is 0 Å². The Morgan fingerprint density at radius 1 is 1.14 bits per heavy atom. The maximum Gasteiger partial charge on any atom is 0.292 e. The van der Waals surface area contributed by atoms with Crippen molar-refractivity contribution in [2.75, 3.05) is 14.2 Å². The van der Waals surface area contributed by atoms with Gasteiger partial charge in [0.25, 0.3) is 11.5 Å². The van der Waals surface area contributed by atoms with Crippen molar-refractivity contribution < 1.29 is 14.3 Å². The first kappa shape index (κ1) is 20.1. The van der Waals surface area contributed by atoms with Crippen LogP contribution < -0.4 is 20.5 Å². The van der Waals surface area contributed by atoms with Gasteiger partial charge >= 0.3 is 0 Å². The standard InChI is InChI=1S/C21H22N4O4/c1-5-25-21(27)17-9-7-6-8-16(17)19(24-25)20(26)23-22-13(2)15-11-10-14(28-3)12-18(15)29-4/h6-12H,5H2,1-4H3,(H,23,26)/b22-13-. The van der Waals surface area contributed by atoms with Crippen LogP contribution in [0.25, 0.3) is 10.8 Å². The molecule has 3 rings (SSSR count). The molecule has 0 aliphatic carbocycles. The lowest BCUT2D eigenvalue weighted by Gasteiger charge is -2.11. The van der Waals surface area contributed by atoms with Gasteiger partial charge in [0.1, 0.15) is 11.5 Å². The van der Waals surface area contributed by atoms with Crippen molar-refractivity contribution in [2.24, 2.45) is 5.10 Å². The van der Waals surface area contributed by atoms with E-state index in [0.29, 0.717) is 40.1 Å². The van der Waals surface area contributed by atoms with Gasteiger partial charge in [-0.3, -0.25) is 9.59 Å². The van der Waals surface area contributed by atoms with Gasteiger partial charge in [0.05, 0.1) is 25.3 Å². The highest BCUT2D eigenvalue weighted by molar-refractivity contribution is 6.06. The predicted octanol–water partition coefficient (Wildman–Crippen LogP) is 2.59. The number of rotatable bonds is 6. The van der Waals surface area contributed by atoms with Gasteiger partial charge in [0.2, 0.25) is 0 Å². The number of fused-ring (bicyclic) bond motifs is 1. The zero-order valence-corrected chi connectivity index (χ0v) is 16.7. The van der Waals surface area contributed by atoms with Crippen LogP contribution in [0, 0.1) is 0 Å². The topological polar surface area (TPSA) is 94.8 Å². The van der Waals surface area contributed by atoms with Gasteiger partial charge < -0.3 is 9.47 Å². The summed E-state index contributed by atoms with van der Waals surface area (Å²) in [6, 6.07) is 12.2. The van der Waals surface area contributed by atoms with Crippen molar-refractivity contribution in [3.8, 4) is 11.5 Å². The molecule has 150 valence electrons. The number of hydrogen-bond donors (Lipinski definition) is 1. The summed E-state index contributed by atoms with van der Waals surface area (Å²) in [5, 5.41) is 9.31. The van der Waals surface area contributed by atoms with Gasteiger partial charge in [0, 0.05) is 23.6 Å². The SMILES string of the molecule is CCn1nc(C(=O)N/N=C(/C)c2ccc(OC)cc2OC)c2ccccc2c1=O. The number of nitrogens with zero attached hydrogens (tertiary/aromatic N) is 3. The smallest absolute Gasteiger partial charge is 0.292 e. The van der Waals surface area contributed by atoms with E-state index in [9.17, 15) is 9.59 Å².